The average molecular weight is 319 g/mol. The number of likely N-dealkylation sites (tertiary alicyclic amines) is 1. The van der Waals surface area contributed by atoms with Crippen LogP contribution in [0, 0.1) is 0 Å². The second-order valence-corrected chi connectivity index (χ2v) is 5.23. The van der Waals surface area contributed by atoms with Crippen LogP contribution in [-0.4, -0.2) is 53.2 Å². The van der Waals surface area contributed by atoms with Crippen molar-refractivity contribution in [3.05, 3.63) is 30.4 Å². The van der Waals surface area contributed by atoms with Gasteiger partial charge in [0.2, 0.25) is 17.6 Å². The topological polar surface area (TPSA) is 107 Å². The van der Waals surface area contributed by atoms with Crippen LogP contribution in [0.15, 0.2) is 29.0 Å². The Morgan fingerprint density at radius 1 is 1.48 bits per heavy atom. The lowest BCUT2D eigenvalue weighted by Gasteiger charge is -2.14. The zero-order chi connectivity index (χ0) is 16.7. The van der Waals surface area contributed by atoms with Crippen LogP contribution in [-0.2, 0) is 9.53 Å². The Hall–Kier alpha value is -2.32. The number of carbonyl (C=O) groups is 1. The van der Waals surface area contributed by atoms with Crippen molar-refractivity contribution in [2.24, 2.45) is 5.73 Å². The number of hydrogen-bond acceptors (Lipinski definition) is 7. The standard InChI is InChI=1S/C12H14N4O.C3H7NO2/c1-16-8-2-3-10(16)12-14-11(15-17-12)9-4-6-13-7-5-9;1-6-2-3(4)5/h4-7,10H,2-3,8H2,1H3;2H2,1H3,(H2,4,5)/t10-;/m0./s1. The van der Waals surface area contributed by atoms with E-state index in [1.807, 2.05) is 12.1 Å². The SMILES string of the molecule is CN1CCC[C@H]1c1nc(-c2ccncc2)no1.COCC(N)=O. The maximum absolute atomic E-state index is 9.70. The van der Waals surface area contributed by atoms with Crippen molar-refractivity contribution in [1.29, 1.82) is 0 Å². The first-order valence-electron chi connectivity index (χ1n) is 7.33. The zero-order valence-electron chi connectivity index (χ0n) is 13.3. The number of pyridine rings is 1. The Balaban J connectivity index is 0.000000277. The van der Waals surface area contributed by atoms with Gasteiger partial charge in [-0.05, 0) is 38.6 Å². The number of primary amides is 1. The number of amides is 1. The predicted octanol–water partition coefficient (Wildman–Crippen LogP) is 1.02. The smallest absolute Gasteiger partial charge is 0.244 e. The van der Waals surface area contributed by atoms with Crippen LogP contribution in [0.4, 0.5) is 0 Å². The van der Waals surface area contributed by atoms with Crippen molar-refractivity contribution in [2.75, 3.05) is 27.3 Å². The molecule has 3 rings (SSSR count). The normalized spacial score (nSPS) is 17.6. The highest BCUT2D eigenvalue weighted by Crippen LogP contribution is 2.30. The molecule has 3 heterocycles. The summed E-state index contributed by atoms with van der Waals surface area (Å²) in [6.45, 7) is 1.11. The van der Waals surface area contributed by atoms with E-state index in [9.17, 15) is 4.79 Å². The van der Waals surface area contributed by atoms with Crippen LogP contribution >= 0.6 is 0 Å². The molecule has 0 spiro atoms. The van der Waals surface area contributed by atoms with Gasteiger partial charge in [0.25, 0.3) is 0 Å². The number of methoxy groups -OCH3 is 1. The molecule has 0 aromatic carbocycles. The third kappa shape index (κ3) is 4.83. The number of carbonyl (C=O) groups excluding carboxylic acids is 1. The number of nitrogens with zero attached hydrogens (tertiary/aromatic N) is 4. The molecular formula is C15H21N5O3. The third-order valence-electron chi connectivity index (χ3n) is 3.47. The van der Waals surface area contributed by atoms with Gasteiger partial charge in [0, 0.05) is 25.1 Å². The van der Waals surface area contributed by atoms with Gasteiger partial charge < -0.3 is 15.0 Å². The van der Waals surface area contributed by atoms with Gasteiger partial charge in [-0.1, -0.05) is 5.16 Å². The van der Waals surface area contributed by atoms with E-state index in [0.29, 0.717) is 5.82 Å². The maximum Gasteiger partial charge on any atom is 0.244 e. The molecule has 0 bridgehead atoms. The van der Waals surface area contributed by atoms with Crippen molar-refractivity contribution in [2.45, 2.75) is 18.9 Å². The Morgan fingerprint density at radius 3 is 2.74 bits per heavy atom. The van der Waals surface area contributed by atoms with Gasteiger partial charge in [-0.3, -0.25) is 14.7 Å². The fraction of sp³-hybridized carbons (Fsp3) is 0.467. The minimum absolute atomic E-state index is 0.0139. The van der Waals surface area contributed by atoms with E-state index < -0.39 is 5.91 Å². The summed E-state index contributed by atoms with van der Waals surface area (Å²) in [6, 6.07) is 4.04. The molecule has 2 aromatic rings. The molecule has 8 heteroatoms. The summed E-state index contributed by atoms with van der Waals surface area (Å²) >= 11 is 0. The Kier molecular flexibility index (Phi) is 6.19. The summed E-state index contributed by atoms with van der Waals surface area (Å²) < 4.78 is 9.68. The van der Waals surface area contributed by atoms with Gasteiger partial charge in [-0.25, -0.2) is 0 Å². The van der Waals surface area contributed by atoms with Gasteiger partial charge in [0.15, 0.2) is 0 Å². The quantitative estimate of drug-likeness (QED) is 0.896. The van der Waals surface area contributed by atoms with E-state index in [4.69, 9.17) is 4.52 Å². The van der Waals surface area contributed by atoms with Crippen LogP contribution in [0.25, 0.3) is 11.4 Å². The molecule has 1 aliphatic rings. The summed E-state index contributed by atoms with van der Waals surface area (Å²) in [5.74, 6) is 0.928. The second-order valence-electron chi connectivity index (χ2n) is 5.23. The van der Waals surface area contributed by atoms with Crippen LogP contribution in [0.2, 0.25) is 0 Å². The molecule has 8 nitrogen and oxygen atoms in total. The lowest BCUT2D eigenvalue weighted by Crippen LogP contribution is -2.17. The summed E-state index contributed by atoms with van der Waals surface area (Å²) in [6.07, 6.45) is 5.74. The van der Waals surface area contributed by atoms with Crippen molar-refractivity contribution in [3.63, 3.8) is 0 Å². The molecule has 0 saturated carbocycles. The van der Waals surface area contributed by atoms with Gasteiger partial charge in [-0.15, -0.1) is 0 Å². The molecule has 124 valence electrons. The Morgan fingerprint density at radius 2 is 2.22 bits per heavy atom. The highest BCUT2D eigenvalue weighted by atomic mass is 16.5. The highest BCUT2D eigenvalue weighted by molar-refractivity contribution is 5.74. The zero-order valence-corrected chi connectivity index (χ0v) is 13.3. The molecule has 0 aliphatic carbocycles. The van der Waals surface area contributed by atoms with Gasteiger partial charge >= 0.3 is 0 Å². The summed E-state index contributed by atoms with van der Waals surface area (Å²) in [5, 5.41) is 4.02. The number of rotatable bonds is 4. The van der Waals surface area contributed by atoms with E-state index in [1.165, 1.54) is 13.5 Å². The van der Waals surface area contributed by atoms with E-state index >= 15 is 0 Å². The summed E-state index contributed by atoms with van der Waals surface area (Å²) in [5.41, 5.74) is 5.58. The molecule has 2 N–H and O–H groups in total. The molecule has 1 fully saturated rings. The Bertz CT molecular complexity index is 617. The number of hydrogen-bond donors (Lipinski definition) is 1. The number of ether oxygens (including phenoxy) is 1. The van der Waals surface area contributed by atoms with E-state index in [1.54, 1.807) is 12.4 Å². The molecule has 1 aliphatic heterocycles. The summed E-state index contributed by atoms with van der Waals surface area (Å²) in [7, 11) is 3.51. The number of nitrogens with two attached hydrogens (primary N) is 1. The molecule has 2 aromatic heterocycles. The average Bonchev–Trinajstić information content (AvgIpc) is 3.17. The molecule has 0 unspecified atom stereocenters. The van der Waals surface area contributed by atoms with Gasteiger partial charge in [-0.2, -0.15) is 4.98 Å². The van der Waals surface area contributed by atoms with Crippen LogP contribution in [0.3, 0.4) is 0 Å². The molecule has 0 radical (unpaired) electrons. The van der Waals surface area contributed by atoms with Crippen LogP contribution in [0.1, 0.15) is 24.8 Å². The molecule has 1 amide bonds. The van der Waals surface area contributed by atoms with Crippen molar-refractivity contribution >= 4 is 5.91 Å². The fourth-order valence-corrected chi connectivity index (χ4v) is 2.35. The van der Waals surface area contributed by atoms with Gasteiger partial charge in [0.1, 0.15) is 6.61 Å². The minimum Gasteiger partial charge on any atom is -0.375 e. The van der Waals surface area contributed by atoms with E-state index in [2.05, 4.69) is 37.5 Å². The minimum atomic E-state index is -0.433. The molecule has 1 atom stereocenters. The van der Waals surface area contributed by atoms with Gasteiger partial charge in [0.05, 0.1) is 6.04 Å². The van der Waals surface area contributed by atoms with E-state index in [0.717, 1.165) is 24.4 Å². The van der Waals surface area contributed by atoms with E-state index in [-0.39, 0.29) is 12.6 Å². The van der Waals surface area contributed by atoms with Crippen molar-refractivity contribution in [3.8, 4) is 11.4 Å². The second kappa shape index (κ2) is 8.35. The first-order chi connectivity index (χ1) is 11.1. The Labute approximate surface area is 134 Å². The third-order valence-corrected chi connectivity index (χ3v) is 3.47. The summed E-state index contributed by atoms with van der Waals surface area (Å²) in [4.78, 5) is 20.4. The molecule has 1 saturated heterocycles. The van der Waals surface area contributed by atoms with Crippen LogP contribution < -0.4 is 5.73 Å². The number of aromatic nitrogens is 3. The first-order valence-corrected chi connectivity index (χ1v) is 7.33. The first kappa shape index (κ1) is 17.0. The van der Waals surface area contributed by atoms with Crippen molar-refractivity contribution in [1.82, 2.24) is 20.0 Å². The fourth-order valence-electron chi connectivity index (χ4n) is 2.35. The lowest BCUT2D eigenvalue weighted by molar-refractivity contribution is -0.121. The van der Waals surface area contributed by atoms with Crippen molar-refractivity contribution < 1.29 is 14.1 Å². The lowest BCUT2D eigenvalue weighted by atomic mass is 10.2. The van der Waals surface area contributed by atoms with Crippen LogP contribution in [0.5, 0.6) is 0 Å². The highest BCUT2D eigenvalue weighted by Gasteiger charge is 2.27. The maximum atomic E-state index is 9.70. The molecular weight excluding hydrogens is 298 g/mol. The largest absolute Gasteiger partial charge is 0.375 e. The predicted molar refractivity (Wildman–Crippen MR) is 83.2 cm³/mol. The molecule has 23 heavy (non-hydrogen) atoms. The monoisotopic (exact) mass is 319 g/mol.